The van der Waals surface area contributed by atoms with Gasteiger partial charge in [-0.15, -0.1) is 0 Å². The highest BCUT2D eigenvalue weighted by atomic mass is 16.6. The van der Waals surface area contributed by atoms with Crippen molar-refractivity contribution in [3.05, 3.63) is 146 Å². The quantitative estimate of drug-likeness (QED) is 0.0262. The van der Waals surface area contributed by atoms with Crippen LogP contribution in [0.4, 0.5) is 0 Å². The van der Waals surface area contributed by atoms with Crippen molar-refractivity contribution in [1.82, 2.24) is 0 Å². The van der Waals surface area contributed by atoms with Crippen molar-refractivity contribution in [2.75, 3.05) is 13.2 Å². The van der Waals surface area contributed by atoms with E-state index in [0.29, 0.717) is 12.8 Å². The van der Waals surface area contributed by atoms with Crippen LogP contribution in [0, 0.1) is 0 Å². The molecule has 0 N–H and O–H groups in total. The van der Waals surface area contributed by atoms with E-state index in [-0.39, 0.29) is 50.4 Å². The van der Waals surface area contributed by atoms with Gasteiger partial charge < -0.3 is 14.2 Å². The summed E-state index contributed by atoms with van der Waals surface area (Å²) in [6, 6.07) is 0. The molecule has 0 aromatic heterocycles. The van der Waals surface area contributed by atoms with Crippen molar-refractivity contribution in [2.45, 2.75) is 219 Å². The molecule has 6 heteroatoms. The second-order valence-electron chi connectivity index (χ2n) is 17.4. The van der Waals surface area contributed by atoms with E-state index in [9.17, 15) is 14.4 Å². The van der Waals surface area contributed by atoms with Crippen molar-refractivity contribution in [1.29, 1.82) is 0 Å². The Morgan fingerprint density at radius 2 is 0.594 bits per heavy atom. The Bertz CT molecular complexity index is 1560. The Morgan fingerprint density at radius 1 is 0.304 bits per heavy atom. The molecule has 0 heterocycles. The summed E-state index contributed by atoms with van der Waals surface area (Å²) in [4.78, 5) is 38.0. The molecule has 0 bridgehead atoms. The van der Waals surface area contributed by atoms with Gasteiger partial charge in [-0.05, 0) is 128 Å². The first-order valence-corrected chi connectivity index (χ1v) is 27.3. The molecule has 1 unspecified atom stereocenters. The molecule has 0 spiro atoms. The highest BCUT2D eigenvalue weighted by molar-refractivity contribution is 5.71. The highest BCUT2D eigenvalue weighted by Gasteiger charge is 2.19. The molecule has 6 nitrogen and oxygen atoms in total. The van der Waals surface area contributed by atoms with Crippen LogP contribution in [-0.4, -0.2) is 37.2 Å². The first kappa shape index (κ1) is 64.3. The van der Waals surface area contributed by atoms with Crippen molar-refractivity contribution < 1.29 is 28.6 Å². The average Bonchev–Trinajstić information content (AvgIpc) is 3.35. The summed E-state index contributed by atoms with van der Waals surface area (Å²) < 4.78 is 16.7. The first-order chi connectivity index (χ1) is 34.0. The van der Waals surface area contributed by atoms with Crippen LogP contribution in [0.5, 0.6) is 0 Å². The summed E-state index contributed by atoms with van der Waals surface area (Å²) in [6.45, 7) is 6.25. The molecule has 386 valence electrons. The van der Waals surface area contributed by atoms with Gasteiger partial charge in [0, 0.05) is 19.3 Å². The van der Waals surface area contributed by atoms with E-state index in [1.165, 1.54) is 44.9 Å². The summed E-state index contributed by atoms with van der Waals surface area (Å²) in [5.74, 6) is -1.07. The van der Waals surface area contributed by atoms with E-state index in [1.54, 1.807) is 0 Å². The van der Waals surface area contributed by atoms with Gasteiger partial charge in [0.1, 0.15) is 13.2 Å². The number of allylic oxidation sites excluding steroid dienone is 24. The number of esters is 3. The number of carbonyl (C=O) groups excluding carboxylic acids is 3. The minimum atomic E-state index is -0.836. The van der Waals surface area contributed by atoms with E-state index >= 15 is 0 Å². The van der Waals surface area contributed by atoms with Gasteiger partial charge in [0.25, 0.3) is 0 Å². The highest BCUT2D eigenvalue weighted by Crippen LogP contribution is 2.12. The molecule has 0 saturated heterocycles. The lowest BCUT2D eigenvalue weighted by Crippen LogP contribution is -2.30. The molecule has 1 atom stereocenters. The topological polar surface area (TPSA) is 78.9 Å². The molecule has 0 amide bonds. The number of hydrogen-bond acceptors (Lipinski definition) is 6. The number of rotatable bonds is 47. The van der Waals surface area contributed by atoms with E-state index in [0.717, 1.165) is 116 Å². The maximum atomic E-state index is 12.8. The number of hydrogen-bond donors (Lipinski definition) is 0. The van der Waals surface area contributed by atoms with Gasteiger partial charge in [-0.3, -0.25) is 14.4 Å². The first-order valence-electron chi connectivity index (χ1n) is 27.3. The molecule has 0 aromatic carbocycles. The van der Waals surface area contributed by atoms with Crippen molar-refractivity contribution in [3.63, 3.8) is 0 Å². The standard InChI is InChI=1S/C63H98O6/c1-4-7-10-13-16-19-22-25-27-29-30-31-32-34-35-38-41-44-47-50-53-56-62(65)68-59-60(58-67-61(64)55-52-49-46-43-40-37-24-21-18-15-12-9-6-3)69-63(66)57-54-51-48-45-42-39-36-33-28-26-23-20-17-14-11-8-5-2/h7,9-10,12,16-21,25-28,30-31,34-35,37,40-41,44,46,49,60H,4-6,8,11,13-15,22-24,29,32-33,36,38-39,42-43,45,47-48,50-59H2,1-3H3/b10-7-,12-9-,19-16-,20-17-,21-18-,27-25-,28-26-,31-30-,35-34-,40-37-,44-41-,49-46-. The van der Waals surface area contributed by atoms with Gasteiger partial charge in [-0.1, -0.05) is 212 Å². The maximum Gasteiger partial charge on any atom is 0.306 e. The third-order valence-corrected chi connectivity index (χ3v) is 10.8. The molecule has 0 aromatic rings. The molecular formula is C63H98O6. The third kappa shape index (κ3) is 54.1. The van der Waals surface area contributed by atoms with Crippen LogP contribution in [0.15, 0.2) is 146 Å². The Hall–Kier alpha value is -4.71. The van der Waals surface area contributed by atoms with Gasteiger partial charge in [0.2, 0.25) is 0 Å². The zero-order chi connectivity index (χ0) is 50.0. The second-order valence-corrected chi connectivity index (χ2v) is 17.4. The molecule has 0 rings (SSSR count). The summed E-state index contributed by atoms with van der Waals surface area (Å²) in [6.07, 6.45) is 79.9. The fraction of sp³-hybridized carbons (Fsp3) is 0.571. The van der Waals surface area contributed by atoms with Crippen LogP contribution >= 0.6 is 0 Å². The summed E-state index contributed by atoms with van der Waals surface area (Å²) in [7, 11) is 0. The Balaban J connectivity index is 4.56. The molecule has 0 aliphatic rings. The van der Waals surface area contributed by atoms with Crippen molar-refractivity contribution in [2.24, 2.45) is 0 Å². The molecule has 69 heavy (non-hydrogen) atoms. The van der Waals surface area contributed by atoms with Crippen LogP contribution in [0.1, 0.15) is 213 Å². The van der Waals surface area contributed by atoms with E-state index in [1.807, 2.05) is 12.2 Å². The van der Waals surface area contributed by atoms with E-state index in [4.69, 9.17) is 14.2 Å². The van der Waals surface area contributed by atoms with Gasteiger partial charge in [0.15, 0.2) is 6.10 Å². The van der Waals surface area contributed by atoms with Crippen LogP contribution in [0.25, 0.3) is 0 Å². The minimum Gasteiger partial charge on any atom is -0.462 e. The lowest BCUT2D eigenvalue weighted by atomic mass is 10.1. The van der Waals surface area contributed by atoms with Gasteiger partial charge >= 0.3 is 17.9 Å². The van der Waals surface area contributed by atoms with Crippen LogP contribution in [-0.2, 0) is 28.6 Å². The lowest BCUT2D eigenvalue weighted by molar-refractivity contribution is -0.166. The Morgan fingerprint density at radius 3 is 1.00 bits per heavy atom. The Labute approximate surface area is 423 Å². The normalized spacial score (nSPS) is 13.3. The van der Waals surface area contributed by atoms with Crippen LogP contribution in [0.2, 0.25) is 0 Å². The average molecular weight is 951 g/mol. The summed E-state index contributed by atoms with van der Waals surface area (Å²) >= 11 is 0. The molecule has 0 radical (unpaired) electrons. The fourth-order valence-corrected chi connectivity index (χ4v) is 6.78. The summed E-state index contributed by atoms with van der Waals surface area (Å²) in [5.41, 5.74) is 0. The largest absolute Gasteiger partial charge is 0.462 e. The number of unbranched alkanes of at least 4 members (excludes halogenated alkanes) is 12. The molecule has 0 aliphatic carbocycles. The number of carbonyl (C=O) groups is 3. The zero-order valence-electron chi connectivity index (χ0n) is 44.0. The lowest BCUT2D eigenvalue weighted by Gasteiger charge is -2.18. The smallest absolute Gasteiger partial charge is 0.306 e. The number of ether oxygens (including phenoxy) is 3. The van der Waals surface area contributed by atoms with Gasteiger partial charge in [-0.2, -0.15) is 0 Å². The van der Waals surface area contributed by atoms with Crippen molar-refractivity contribution in [3.8, 4) is 0 Å². The zero-order valence-corrected chi connectivity index (χ0v) is 44.0. The van der Waals surface area contributed by atoms with Crippen LogP contribution < -0.4 is 0 Å². The van der Waals surface area contributed by atoms with Crippen LogP contribution in [0.3, 0.4) is 0 Å². The van der Waals surface area contributed by atoms with Crippen molar-refractivity contribution >= 4 is 17.9 Å². The fourth-order valence-electron chi connectivity index (χ4n) is 6.78. The van der Waals surface area contributed by atoms with Gasteiger partial charge in [-0.25, -0.2) is 0 Å². The van der Waals surface area contributed by atoms with E-state index < -0.39 is 6.10 Å². The Kier molecular flexibility index (Phi) is 52.1. The SMILES string of the molecule is CC/C=C\C/C=C\C/C=C\C/C=C\C/C=C\C/C=C\CCCCC(=O)OCC(COC(=O)CC/C=C\C/C=C\C/C=C\C/C=C\CC)OC(=O)CCCCCCCCC/C=C\C/C=C\CCCCC. The minimum absolute atomic E-state index is 0.132. The van der Waals surface area contributed by atoms with E-state index in [2.05, 4.69) is 154 Å². The monoisotopic (exact) mass is 951 g/mol. The molecule has 0 aliphatic heterocycles. The predicted molar refractivity (Wildman–Crippen MR) is 297 cm³/mol. The van der Waals surface area contributed by atoms with Gasteiger partial charge in [0.05, 0.1) is 0 Å². The predicted octanol–water partition coefficient (Wildman–Crippen LogP) is 18.4. The third-order valence-electron chi connectivity index (χ3n) is 10.8. The summed E-state index contributed by atoms with van der Waals surface area (Å²) in [5, 5.41) is 0. The molecule has 0 saturated carbocycles. The molecule has 0 fully saturated rings. The maximum absolute atomic E-state index is 12.8. The second kappa shape index (κ2) is 55.9. The molecular weight excluding hydrogens is 853 g/mol.